The van der Waals surface area contributed by atoms with Crippen molar-refractivity contribution >= 4 is 41.2 Å². The number of benzene rings is 1. The first kappa shape index (κ1) is 16.2. The lowest BCUT2D eigenvalue weighted by Gasteiger charge is -2.39. The molecule has 7 nitrogen and oxygen atoms in total. The smallest absolute Gasteiger partial charge is 0.328 e. The van der Waals surface area contributed by atoms with Gasteiger partial charge in [0.2, 0.25) is 0 Å². The number of carbonyl (C=O) groups is 2. The number of carbonyl (C=O) groups excluding carboxylic acids is 2. The molecule has 3 aliphatic heterocycles. The number of likely N-dealkylation sites (N-methyl/N-ethyl adjacent to an activating group) is 1. The maximum Gasteiger partial charge on any atom is 0.328 e. The molecule has 3 heterocycles. The Morgan fingerprint density at radius 2 is 2.00 bits per heavy atom. The molecule has 1 aromatic rings. The second-order valence-electron chi connectivity index (χ2n) is 6.09. The number of fused-ring (bicyclic) bond motifs is 3. The highest BCUT2D eigenvalue weighted by molar-refractivity contribution is 6.42. The van der Waals surface area contributed by atoms with Gasteiger partial charge < -0.3 is 9.64 Å². The molecule has 1 fully saturated rings. The summed E-state index contributed by atoms with van der Waals surface area (Å²) < 4.78 is 5.49. The number of urea groups is 1. The lowest BCUT2D eigenvalue weighted by Crippen LogP contribution is -2.63. The van der Waals surface area contributed by atoms with Gasteiger partial charge in [0, 0.05) is 13.2 Å². The number of ether oxygens (including phenoxy) is 1. The molecule has 0 saturated carbocycles. The van der Waals surface area contributed by atoms with Gasteiger partial charge in [-0.1, -0.05) is 29.3 Å². The molecule has 25 heavy (non-hydrogen) atoms. The minimum atomic E-state index is -0.627. The van der Waals surface area contributed by atoms with Crippen LogP contribution in [0, 0.1) is 0 Å². The maximum absolute atomic E-state index is 13.0. The predicted molar refractivity (Wildman–Crippen MR) is 91.9 cm³/mol. The van der Waals surface area contributed by atoms with E-state index in [2.05, 4.69) is 4.99 Å². The van der Waals surface area contributed by atoms with Gasteiger partial charge in [0.15, 0.2) is 12.2 Å². The van der Waals surface area contributed by atoms with Crippen LogP contribution in [0.5, 0.6) is 0 Å². The average Bonchev–Trinajstić information content (AvgIpc) is 3.08. The molecule has 1 aromatic carbocycles. The minimum absolute atomic E-state index is 0.106. The zero-order valence-corrected chi connectivity index (χ0v) is 15.0. The van der Waals surface area contributed by atoms with Crippen molar-refractivity contribution < 1.29 is 14.3 Å². The van der Waals surface area contributed by atoms with Crippen molar-refractivity contribution in [3.63, 3.8) is 0 Å². The van der Waals surface area contributed by atoms with Gasteiger partial charge in [-0.05, 0) is 24.6 Å². The van der Waals surface area contributed by atoms with Crippen LogP contribution in [-0.4, -0.2) is 51.9 Å². The van der Waals surface area contributed by atoms with Gasteiger partial charge in [-0.25, -0.2) is 9.79 Å². The Kier molecular flexibility index (Phi) is 3.66. The largest absolute Gasteiger partial charge is 0.429 e. The van der Waals surface area contributed by atoms with E-state index in [1.54, 1.807) is 43.3 Å². The number of imide groups is 1. The molecular weight excluding hydrogens is 367 g/mol. The molecule has 0 aliphatic carbocycles. The monoisotopic (exact) mass is 380 g/mol. The average molecular weight is 381 g/mol. The fourth-order valence-corrected chi connectivity index (χ4v) is 3.48. The molecule has 0 radical (unpaired) electrons. The normalized spacial score (nSPS) is 24.9. The molecule has 0 spiro atoms. The number of amides is 3. The van der Waals surface area contributed by atoms with Gasteiger partial charge in [-0.15, -0.1) is 0 Å². The van der Waals surface area contributed by atoms with Gasteiger partial charge in [0.1, 0.15) is 5.76 Å². The van der Waals surface area contributed by atoms with Crippen molar-refractivity contribution in [1.82, 2.24) is 14.7 Å². The third kappa shape index (κ3) is 2.46. The van der Waals surface area contributed by atoms with Crippen molar-refractivity contribution in [2.75, 3.05) is 7.05 Å². The van der Waals surface area contributed by atoms with Crippen molar-refractivity contribution in [2.24, 2.45) is 4.99 Å². The first-order valence-electron chi connectivity index (χ1n) is 7.61. The second kappa shape index (κ2) is 5.64. The van der Waals surface area contributed by atoms with E-state index in [9.17, 15) is 9.59 Å². The zero-order valence-electron chi connectivity index (χ0n) is 13.4. The number of hydrogen-bond acceptors (Lipinski definition) is 5. The van der Waals surface area contributed by atoms with Crippen LogP contribution >= 0.6 is 23.2 Å². The first-order valence-corrected chi connectivity index (χ1v) is 8.37. The predicted octanol–water partition coefficient (Wildman–Crippen LogP) is 2.65. The molecule has 1 saturated heterocycles. The van der Waals surface area contributed by atoms with Gasteiger partial charge in [0.05, 0.1) is 16.6 Å². The minimum Gasteiger partial charge on any atom is -0.429 e. The van der Waals surface area contributed by atoms with Crippen LogP contribution in [0.1, 0.15) is 12.5 Å². The van der Waals surface area contributed by atoms with Crippen molar-refractivity contribution in [1.29, 1.82) is 0 Å². The fourth-order valence-electron chi connectivity index (χ4n) is 3.16. The molecule has 3 aliphatic rings. The van der Waals surface area contributed by atoms with Gasteiger partial charge in [0.25, 0.3) is 11.9 Å². The summed E-state index contributed by atoms with van der Waals surface area (Å²) in [5, 5.41) is 0.794. The fraction of sp³-hybridized carbons (Fsp3) is 0.312. The van der Waals surface area contributed by atoms with Gasteiger partial charge in [-0.3, -0.25) is 14.6 Å². The summed E-state index contributed by atoms with van der Waals surface area (Å²) in [5.41, 5.74) is 0.714. The molecule has 130 valence electrons. The Morgan fingerprint density at radius 3 is 2.72 bits per heavy atom. The number of amidine groups is 1. The lowest BCUT2D eigenvalue weighted by molar-refractivity contribution is -0.137. The van der Waals surface area contributed by atoms with E-state index in [0.717, 1.165) is 0 Å². The second-order valence-corrected chi connectivity index (χ2v) is 6.90. The van der Waals surface area contributed by atoms with Crippen LogP contribution < -0.4 is 0 Å². The van der Waals surface area contributed by atoms with Crippen LogP contribution in [0.4, 0.5) is 4.79 Å². The summed E-state index contributed by atoms with van der Waals surface area (Å²) in [6.07, 6.45) is 1.13. The highest BCUT2D eigenvalue weighted by Crippen LogP contribution is 2.33. The molecule has 0 bridgehead atoms. The van der Waals surface area contributed by atoms with E-state index in [-0.39, 0.29) is 12.5 Å². The number of aliphatic imine (C=N–C) groups is 1. The zero-order chi connectivity index (χ0) is 17.9. The van der Waals surface area contributed by atoms with Crippen LogP contribution in [0.3, 0.4) is 0 Å². The SMILES string of the molecule is CC1=CN2C(=NC3C2C(=O)N(Cc2ccc(Cl)c(Cl)c2)C(=O)N3C)O1. The van der Waals surface area contributed by atoms with Crippen molar-refractivity contribution in [3.8, 4) is 0 Å². The first-order chi connectivity index (χ1) is 11.9. The number of allylic oxidation sites excluding steroid dienone is 1. The molecule has 9 heteroatoms. The summed E-state index contributed by atoms with van der Waals surface area (Å²) >= 11 is 12.0. The lowest BCUT2D eigenvalue weighted by atomic mass is 10.1. The van der Waals surface area contributed by atoms with Gasteiger partial charge >= 0.3 is 6.03 Å². The van der Waals surface area contributed by atoms with E-state index in [4.69, 9.17) is 27.9 Å². The molecular formula is C16H14Cl2N4O3. The number of halogens is 2. The Morgan fingerprint density at radius 1 is 1.24 bits per heavy atom. The van der Waals surface area contributed by atoms with Crippen molar-refractivity contribution in [2.45, 2.75) is 25.7 Å². The molecule has 3 amide bonds. The Hall–Kier alpha value is -2.25. The number of nitrogens with zero attached hydrogens (tertiary/aromatic N) is 4. The van der Waals surface area contributed by atoms with Crippen LogP contribution in [0.15, 0.2) is 35.2 Å². The third-order valence-electron chi connectivity index (χ3n) is 4.39. The summed E-state index contributed by atoms with van der Waals surface area (Å²) in [5.74, 6) is 0.327. The highest BCUT2D eigenvalue weighted by Gasteiger charge is 2.53. The third-order valence-corrected chi connectivity index (χ3v) is 5.13. The van der Waals surface area contributed by atoms with Crippen LogP contribution in [-0.2, 0) is 16.1 Å². The van der Waals surface area contributed by atoms with E-state index in [1.165, 1.54) is 9.80 Å². The molecule has 4 rings (SSSR count). The number of hydrogen-bond donors (Lipinski definition) is 0. The molecule has 0 aromatic heterocycles. The van der Waals surface area contributed by atoms with Crippen LogP contribution in [0.25, 0.3) is 0 Å². The van der Waals surface area contributed by atoms with E-state index in [1.807, 2.05) is 0 Å². The van der Waals surface area contributed by atoms with Crippen molar-refractivity contribution in [3.05, 3.63) is 45.8 Å². The Labute approximate surface area is 154 Å². The quantitative estimate of drug-likeness (QED) is 0.790. The summed E-state index contributed by atoms with van der Waals surface area (Å²) in [7, 11) is 1.62. The standard InChI is InChI=1S/C16H14Cl2N4O3/c1-8-6-21-12-13(19-15(21)25-8)20(2)16(24)22(14(12)23)7-9-3-4-10(17)11(18)5-9/h3-6,12-13H,7H2,1-2H3. The summed E-state index contributed by atoms with van der Waals surface area (Å²) in [6, 6.07) is 4.33. The van der Waals surface area contributed by atoms with Crippen LogP contribution in [0.2, 0.25) is 10.0 Å². The summed E-state index contributed by atoms with van der Waals surface area (Å²) in [4.78, 5) is 34.3. The van der Waals surface area contributed by atoms with E-state index >= 15 is 0 Å². The number of rotatable bonds is 2. The Balaban J connectivity index is 1.64. The topological polar surface area (TPSA) is 65.5 Å². The molecule has 2 unspecified atom stereocenters. The van der Waals surface area contributed by atoms with E-state index < -0.39 is 18.2 Å². The van der Waals surface area contributed by atoms with Gasteiger partial charge in [-0.2, -0.15) is 0 Å². The molecule has 2 atom stereocenters. The summed E-state index contributed by atoms with van der Waals surface area (Å²) in [6.45, 7) is 1.89. The van der Waals surface area contributed by atoms with E-state index in [0.29, 0.717) is 27.4 Å². The maximum atomic E-state index is 13.0. The Bertz CT molecular complexity index is 854. The highest BCUT2D eigenvalue weighted by atomic mass is 35.5. The molecule has 0 N–H and O–H groups in total.